The monoisotopic (exact) mass is 289 g/mol. The summed E-state index contributed by atoms with van der Waals surface area (Å²) in [6, 6.07) is 6.88. The molecule has 0 aromatic heterocycles. The summed E-state index contributed by atoms with van der Waals surface area (Å²) in [6.07, 6.45) is 0. The van der Waals surface area contributed by atoms with Crippen molar-refractivity contribution in [2.45, 2.75) is 19.9 Å². The first-order chi connectivity index (χ1) is 10.1. The predicted octanol–water partition coefficient (Wildman–Crippen LogP) is 1.49. The van der Waals surface area contributed by atoms with Crippen LogP contribution in [0.1, 0.15) is 25.5 Å². The van der Waals surface area contributed by atoms with Crippen molar-refractivity contribution in [2.75, 3.05) is 13.7 Å². The van der Waals surface area contributed by atoms with Crippen molar-refractivity contribution < 1.29 is 14.3 Å². The zero-order valence-corrected chi connectivity index (χ0v) is 12.3. The zero-order chi connectivity index (χ0) is 15.4. The molecular weight excluding hydrogens is 270 g/mol. The van der Waals surface area contributed by atoms with Gasteiger partial charge in [0.05, 0.1) is 19.3 Å². The fourth-order valence-electron chi connectivity index (χ4n) is 2.20. The van der Waals surface area contributed by atoms with Gasteiger partial charge in [0.1, 0.15) is 11.8 Å². The number of rotatable bonds is 4. The molecular formula is C15H19N3O3. The first kappa shape index (κ1) is 14.9. The second kappa shape index (κ2) is 6.30. The molecule has 1 atom stereocenters. The lowest BCUT2D eigenvalue weighted by Gasteiger charge is -2.24. The summed E-state index contributed by atoms with van der Waals surface area (Å²) in [5.41, 5.74) is 7.75. The van der Waals surface area contributed by atoms with Crippen molar-refractivity contribution in [2.24, 2.45) is 10.7 Å². The topological polar surface area (TPSA) is 85.9 Å². The molecule has 1 aliphatic rings. The summed E-state index contributed by atoms with van der Waals surface area (Å²) in [5.74, 6) is 0.629. The van der Waals surface area contributed by atoms with E-state index < -0.39 is 6.04 Å². The third-order valence-electron chi connectivity index (χ3n) is 3.19. The number of methoxy groups -OCH3 is 1. The van der Waals surface area contributed by atoms with Crippen molar-refractivity contribution in [3.8, 4) is 5.75 Å². The van der Waals surface area contributed by atoms with Gasteiger partial charge >= 0.3 is 5.97 Å². The second-order valence-corrected chi connectivity index (χ2v) is 4.57. The average Bonchev–Trinajstić information content (AvgIpc) is 2.46. The SMILES string of the molecule is CCOC(=O)C1=C(C)NC(N)=N[C@H]1c1ccc(OC)cc1. The van der Waals surface area contributed by atoms with Crippen LogP contribution in [0.4, 0.5) is 0 Å². The number of nitrogens with zero attached hydrogens (tertiary/aromatic N) is 1. The quantitative estimate of drug-likeness (QED) is 0.820. The number of carbonyl (C=O) groups excluding carboxylic acids is 1. The molecule has 0 radical (unpaired) electrons. The number of allylic oxidation sites excluding steroid dienone is 1. The lowest BCUT2D eigenvalue weighted by molar-refractivity contribution is -0.138. The number of ether oxygens (including phenoxy) is 2. The maximum atomic E-state index is 12.2. The first-order valence-electron chi connectivity index (χ1n) is 6.69. The molecule has 112 valence electrons. The summed E-state index contributed by atoms with van der Waals surface area (Å²) in [4.78, 5) is 16.5. The van der Waals surface area contributed by atoms with E-state index in [0.29, 0.717) is 17.9 Å². The molecule has 6 nitrogen and oxygen atoms in total. The number of nitrogens with one attached hydrogen (secondary N) is 1. The van der Waals surface area contributed by atoms with Gasteiger partial charge in [0.15, 0.2) is 5.96 Å². The molecule has 0 spiro atoms. The molecule has 0 amide bonds. The number of aliphatic imine (C=N–C) groups is 1. The highest BCUT2D eigenvalue weighted by atomic mass is 16.5. The lowest BCUT2D eigenvalue weighted by atomic mass is 9.96. The Morgan fingerprint density at radius 3 is 2.62 bits per heavy atom. The van der Waals surface area contributed by atoms with Crippen molar-refractivity contribution in [1.29, 1.82) is 0 Å². The van der Waals surface area contributed by atoms with E-state index >= 15 is 0 Å². The standard InChI is InChI=1S/C15H19N3O3/c1-4-21-14(19)12-9(2)17-15(16)18-13(12)10-5-7-11(20-3)8-6-10/h5-8,13H,4H2,1-3H3,(H3,16,17,18)/t13-/m0/s1. The number of guanidine groups is 1. The minimum Gasteiger partial charge on any atom is -0.497 e. The third kappa shape index (κ3) is 3.16. The Hall–Kier alpha value is -2.50. The molecule has 0 unspecified atom stereocenters. The predicted molar refractivity (Wildman–Crippen MR) is 79.8 cm³/mol. The van der Waals surface area contributed by atoms with Crippen LogP contribution in [0.5, 0.6) is 5.75 Å². The van der Waals surface area contributed by atoms with Gasteiger partial charge in [0.25, 0.3) is 0 Å². The van der Waals surface area contributed by atoms with Gasteiger partial charge in [0, 0.05) is 5.70 Å². The molecule has 0 saturated heterocycles. The fraction of sp³-hybridized carbons (Fsp3) is 0.333. The summed E-state index contributed by atoms with van der Waals surface area (Å²) in [6.45, 7) is 3.86. The number of hydrogen-bond donors (Lipinski definition) is 2. The summed E-state index contributed by atoms with van der Waals surface area (Å²) in [7, 11) is 1.60. The van der Waals surface area contributed by atoms with E-state index in [2.05, 4.69) is 10.3 Å². The number of esters is 1. The second-order valence-electron chi connectivity index (χ2n) is 4.57. The minimum absolute atomic E-state index is 0.279. The normalized spacial score (nSPS) is 17.9. The van der Waals surface area contributed by atoms with Crippen LogP contribution in [0.3, 0.4) is 0 Å². The van der Waals surface area contributed by atoms with E-state index in [0.717, 1.165) is 11.3 Å². The fourth-order valence-corrected chi connectivity index (χ4v) is 2.20. The zero-order valence-electron chi connectivity index (χ0n) is 12.3. The molecule has 0 fully saturated rings. The van der Waals surface area contributed by atoms with Crippen LogP contribution < -0.4 is 15.8 Å². The van der Waals surface area contributed by atoms with Gasteiger partial charge in [-0.05, 0) is 31.5 Å². The van der Waals surface area contributed by atoms with Crippen LogP contribution in [-0.2, 0) is 9.53 Å². The largest absolute Gasteiger partial charge is 0.497 e. The molecule has 1 aromatic rings. The van der Waals surface area contributed by atoms with E-state index in [1.807, 2.05) is 24.3 Å². The van der Waals surface area contributed by atoms with Crippen LogP contribution in [-0.4, -0.2) is 25.6 Å². The van der Waals surface area contributed by atoms with Gasteiger partial charge in [0.2, 0.25) is 0 Å². The van der Waals surface area contributed by atoms with Crippen LogP contribution in [0.25, 0.3) is 0 Å². The lowest BCUT2D eigenvalue weighted by Crippen LogP contribution is -2.37. The van der Waals surface area contributed by atoms with Gasteiger partial charge in [-0.25, -0.2) is 9.79 Å². The molecule has 1 aromatic carbocycles. The summed E-state index contributed by atoms with van der Waals surface area (Å²) in [5, 5.41) is 2.87. The van der Waals surface area contributed by atoms with Gasteiger partial charge in [-0.3, -0.25) is 0 Å². The number of benzene rings is 1. The van der Waals surface area contributed by atoms with E-state index in [9.17, 15) is 4.79 Å². The molecule has 21 heavy (non-hydrogen) atoms. The van der Waals surface area contributed by atoms with Gasteiger partial charge in [-0.15, -0.1) is 0 Å². The molecule has 1 aliphatic heterocycles. The Morgan fingerprint density at radius 2 is 2.05 bits per heavy atom. The maximum absolute atomic E-state index is 12.2. The van der Waals surface area contributed by atoms with Crippen LogP contribution in [0.15, 0.2) is 40.5 Å². The number of nitrogens with two attached hydrogens (primary N) is 1. The van der Waals surface area contributed by atoms with Crippen molar-refractivity contribution in [1.82, 2.24) is 5.32 Å². The van der Waals surface area contributed by atoms with E-state index in [4.69, 9.17) is 15.2 Å². The van der Waals surface area contributed by atoms with Crippen molar-refractivity contribution in [3.05, 3.63) is 41.1 Å². The smallest absolute Gasteiger partial charge is 0.338 e. The van der Waals surface area contributed by atoms with Crippen LogP contribution in [0, 0.1) is 0 Å². The third-order valence-corrected chi connectivity index (χ3v) is 3.19. The molecule has 0 bridgehead atoms. The number of carbonyl (C=O) groups is 1. The highest BCUT2D eigenvalue weighted by Crippen LogP contribution is 2.31. The highest BCUT2D eigenvalue weighted by molar-refractivity contribution is 5.94. The molecule has 3 N–H and O–H groups in total. The summed E-state index contributed by atoms with van der Waals surface area (Å²) < 4.78 is 10.2. The summed E-state index contributed by atoms with van der Waals surface area (Å²) >= 11 is 0. The minimum atomic E-state index is -0.476. The molecule has 6 heteroatoms. The van der Waals surface area contributed by atoms with Crippen molar-refractivity contribution >= 4 is 11.9 Å². The first-order valence-corrected chi connectivity index (χ1v) is 6.69. The number of hydrogen-bond acceptors (Lipinski definition) is 6. The van der Waals surface area contributed by atoms with Gasteiger partial charge < -0.3 is 20.5 Å². The van der Waals surface area contributed by atoms with Gasteiger partial charge in [-0.1, -0.05) is 12.1 Å². The molecule has 1 heterocycles. The van der Waals surface area contributed by atoms with Crippen molar-refractivity contribution in [3.63, 3.8) is 0 Å². The Kier molecular flexibility index (Phi) is 4.47. The molecule has 2 rings (SSSR count). The Balaban J connectivity index is 2.40. The van der Waals surface area contributed by atoms with Crippen LogP contribution >= 0.6 is 0 Å². The van der Waals surface area contributed by atoms with Crippen LogP contribution in [0.2, 0.25) is 0 Å². The Morgan fingerprint density at radius 1 is 1.38 bits per heavy atom. The Labute approximate surface area is 123 Å². The Bertz CT molecular complexity index is 591. The molecule has 0 saturated carbocycles. The average molecular weight is 289 g/mol. The van der Waals surface area contributed by atoms with Gasteiger partial charge in [-0.2, -0.15) is 0 Å². The van der Waals surface area contributed by atoms with E-state index in [1.165, 1.54) is 0 Å². The molecule has 0 aliphatic carbocycles. The van der Waals surface area contributed by atoms with E-state index in [1.54, 1.807) is 21.0 Å². The highest BCUT2D eigenvalue weighted by Gasteiger charge is 2.29. The maximum Gasteiger partial charge on any atom is 0.338 e. The van der Waals surface area contributed by atoms with E-state index in [-0.39, 0.29) is 11.9 Å².